The molecule has 3 fully saturated rings. The van der Waals surface area contributed by atoms with Gasteiger partial charge in [0.2, 0.25) is 0 Å². The minimum Gasteiger partial charge on any atom is -0.389 e. The number of hydrogen-bond donors (Lipinski definition) is 1. The van der Waals surface area contributed by atoms with Crippen LogP contribution in [0.1, 0.15) is 52.4 Å². The van der Waals surface area contributed by atoms with Gasteiger partial charge in [0.15, 0.2) is 6.29 Å². The van der Waals surface area contributed by atoms with Crippen LogP contribution in [0.2, 0.25) is 0 Å². The van der Waals surface area contributed by atoms with E-state index < -0.39 is 0 Å². The van der Waals surface area contributed by atoms with Crippen molar-refractivity contribution in [2.24, 2.45) is 28.1 Å². The molecule has 1 aliphatic heterocycles. The third kappa shape index (κ3) is 2.14. The van der Waals surface area contributed by atoms with Crippen molar-refractivity contribution in [2.75, 3.05) is 13.7 Å². The molecule has 3 aliphatic carbocycles. The van der Waals surface area contributed by atoms with E-state index in [-0.39, 0.29) is 28.6 Å². The zero-order valence-corrected chi connectivity index (χ0v) is 15.4. The Morgan fingerprint density at radius 3 is 2.83 bits per heavy atom. The third-order valence-electron chi connectivity index (χ3n) is 8.16. The van der Waals surface area contributed by atoms with E-state index in [4.69, 9.17) is 9.47 Å². The number of allylic oxidation sites excluding steroid dienone is 1. The second-order valence-corrected chi connectivity index (χ2v) is 9.32. The Balaban J connectivity index is 1.72. The van der Waals surface area contributed by atoms with E-state index in [1.54, 1.807) is 7.11 Å². The van der Waals surface area contributed by atoms with E-state index in [0.717, 1.165) is 18.9 Å². The summed E-state index contributed by atoms with van der Waals surface area (Å²) >= 11 is 0. The highest BCUT2D eigenvalue weighted by atomic mass is 16.7. The predicted octanol–water partition coefficient (Wildman–Crippen LogP) is 4.08. The van der Waals surface area contributed by atoms with E-state index in [9.17, 15) is 5.11 Å². The van der Waals surface area contributed by atoms with Gasteiger partial charge in [0.25, 0.3) is 0 Å². The van der Waals surface area contributed by atoms with Gasteiger partial charge in [-0.25, -0.2) is 0 Å². The first-order valence-corrected chi connectivity index (χ1v) is 9.55. The lowest BCUT2D eigenvalue weighted by Crippen LogP contribution is -2.56. The number of methoxy groups -OCH3 is 1. The molecule has 0 aromatic heterocycles. The summed E-state index contributed by atoms with van der Waals surface area (Å²) < 4.78 is 11.6. The molecule has 134 valence electrons. The molecule has 1 N–H and O–H groups in total. The van der Waals surface area contributed by atoms with Crippen molar-refractivity contribution in [1.82, 2.24) is 0 Å². The maximum Gasteiger partial charge on any atom is 0.180 e. The minimum absolute atomic E-state index is 0.0904. The topological polar surface area (TPSA) is 38.7 Å². The fraction of sp³-hybridized carbons (Fsp3) is 0.810. The second-order valence-electron chi connectivity index (χ2n) is 9.32. The summed E-state index contributed by atoms with van der Waals surface area (Å²) in [6.07, 6.45) is 10.6. The summed E-state index contributed by atoms with van der Waals surface area (Å²) in [5, 5.41) is 10.6. The van der Waals surface area contributed by atoms with Crippen molar-refractivity contribution in [3.63, 3.8) is 0 Å². The van der Waals surface area contributed by atoms with E-state index in [2.05, 4.69) is 26.5 Å². The molecule has 0 radical (unpaired) electrons. The van der Waals surface area contributed by atoms with Crippen LogP contribution in [0.3, 0.4) is 0 Å². The Hall–Kier alpha value is -0.640. The van der Waals surface area contributed by atoms with Gasteiger partial charge < -0.3 is 14.6 Å². The lowest BCUT2D eigenvalue weighted by atomic mass is 9.42. The fourth-order valence-electron chi connectivity index (χ4n) is 6.57. The van der Waals surface area contributed by atoms with Crippen molar-refractivity contribution in [1.29, 1.82) is 0 Å². The average Bonchev–Trinajstić information content (AvgIpc) is 2.93. The van der Waals surface area contributed by atoms with Gasteiger partial charge in [-0.2, -0.15) is 0 Å². The van der Waals surface area contributed by atoms with Crippen LogP contribution < -0.4 is 0 Å². The molecular formula is C21H32O3. The molecule has 7 atom stereocenters. The van der Waals surface area contributed by atoms with Crippen LogP contribution >= 0.6 is 0 Å². The summed E-state index contributed by atoms with van der Waals surface area (Å²) in [4.78, 5) is 0. The highest BCUT2D eigenvalue weighted by Gasteiger charge is 2.63. The largest absolute Gasteiger partial charge is 0.389 e. The van der Waals surface area contributed by atoms with Crippen molar-refractivity contribution in [3.8, 4) is 0 Å². The van der Waals surface area contributed by atoms with Crippen LogP contribution in [0.25, 0.3) is 0 Å². The number of hydrogen-bond acceptors (Lipinski definition) is 3. The molecule has 1 saturated heterocycles. The zero-order chi connectivity index (χ0) is 17.2. The number of aliphatic hydroxyl groups is 1. The molecule has 1 spiro atoms. The zero-order valence-electron chi connectivity index (χ0n) is 15.4. The number of aliphatic hydroxyl groups excluding tert-OH is 1. The van der Waals surface area contributed by atoms with Gasteiger partial charge in [-0.15, -0.1) is 6.58 Å². The normalized spacial score (nSPS) is 53.6. The van der Waals surface area contributed by atoms with Crippen molar-refractivity contribution >= 4 is 0 Å². The van der Waals surface area contributed by atoms with Gasteiger partial charge in [-0.3, -0.25) is 0 Å². The first kappa shape index (κ1) is 16.8. The number of rotatable bonds is 2. The molecule has 0 amide bonds. The van der Waals surface area contributed by atoms with E-state index in [0.29, 0.717) is 5.92 Å². The summed E-state index contributed by atoms with van der Waals surface area (Å²) in [6.45, 7) is 9.71. The van der Waals surface area contributed by atoms with Crippen molar-refractivity contribution in [3.05, 3.63) is 24.3 Å². The molecule has 0 bridgehead atoms. The maximum atomic E-state index is 10.6. The Morgan fingerprint density at radius 1 is 1.33 bits per heavy atom. The number of ether oxygens (including phenoxy) is 2. The van der Waals surface area contributed by atoms with E-state index in [1.165, 1.54) is 37.7 Å². The first-order chi connectivity index (χ1) is 11.4. The quantitative estimate of drug-likeness (QED) is 0.775. The summed E-state index contributed by atoms with van der Waals surface area (Å²) in [7, 11) is 1.71. The molecule has 0 aromatic rings. The van der Waals surface area contributed by atoms with Crippen LogP contribution in [-0.2, 0) is 9.47 Å². The SMILES string of the molecule is C=C[C@@]1(C)CC[C@@]2(C)[C@@H](CC[C@]34CO[C@@H](OC)C3=C[C@@H](O)C[C@@H]42)C1. The van der Waals surface area contributed by atoms with Gasteiger partial charge in [0.1, 0.15) is 0 Å². The van der Waals surface area contributed by atoms with Crippen molar-refractivity contribution in [2.45, 2.75) is 64.8 Å². The molecule has 0 unspecified atom stereocenters. The molecule has 2 saturated carbocycles. The molecular weight excluding hydrogens is 300 g/mol. The van der Waals surface area contributed by atoms with Crippen LogP contribution in [0, 0.1) is 28.1 Å². The standard InChI is InChI=1S/C21H32O3/c1-5-19(2)8-9-20(3)14(12-19)6-7-21-13-24-18(23-4)16(21)10-15(22)11-17(20)21/h5,10,14-15,17-18,22H,1,6-9,11-13H2,2-4H3/t14-,15+,17+,18+,19-,20-,21-/m0/s1. The van der Waals surface area contributed by atoms with Crippen LogP contribution in [0.15, 0.2) is 24.3 Å². The third-order valence-corrected chi connectivity index (χ3v) is 8.16. The smallest absolute Gasteiger partial charge is 0.180 e. The second kappa shape index (κ2) is 5.43. The Bertz CT molecular complexity index is 569. The monoisotopic (exact) mass is 332 g/mol. The molecule has 1 heterocycles. The molecule has 0 aromatic carbocycles. The lowest BCUT2D eigenvalue weighted by Gasteiger charge is -2.62. The molecule has 4 aliphatic rings. The van der Waals surface area contributed by atoms with Gasteiger partial charge in [-0.05, 0) is 66.8 Å². The maximum absolute atomic E-state index is 10.6. The summed E-state index contributed by atoms with van der Waals surface area (Å²) in [5.74, 6) is 1.21. The molecule has 3 heteroatoms. The molecule has 24 heavy (non-hydrogen) atoms. The Labute approximate surface area is 146 Å². The highest BCUT2D eigenvalue weighted by molar-refractivity contribution is 5.31. The van der Waals surface area contributed by atoms with E-state index >= 15 is 0 Å². The Kier molecular flexibility index (Phi) is 3.80. The van der Waals surface area contributed by atoms with Gasteiger partial charge in [-0.1, -0.05) is 26.0 Å². The fourth-order valence-corrected chi connectivity index (χ4v) is 6.57. The minimum atomic E-state index is -0.360. The molecule has 3 nitrogen and oxygen atoms in total. The van der Waals surface area contributed by atoms with Gasteiger partial charge >= 0.3 is 0 Å². The Morgan fingerprint density at radius 2 is 2.12 bits per heavy atom. The van der Waals surface area contributed by atoms with E-state index in [1.807, 2.05) is 6.08 Å². The van der Waals surface area contributed by atoms with Crippen molar-refractivity contribution < 1.29 is 14.6 Å². The van der Waals surface area contributed by atoms with Crippen LogP contribution in [-0.4, -0.2) is 31.2 Å². The summed E-state index contributed by atoms with van der Waals surface area (Å²) in [5.41, 5.74) is 1.88. The van der Waals surface area contributed by atoms with Gasteiger partial charge in [0, 0.05) is 12.5 Å². The lowest BCUT2D eigenvalue weighted by molar-refractivity contribution is -0.117. The highest BCUT2D eigenvalue weighted by Crippen LogP contribution is 2.68. The average molecular weight is 332 g/mol. The van der Waals surface area contributed by atoms with Crippen LogP contribution in [0.5, 0.6) is 0 Å². The molecule has 4 rings (SSSR count). The predicted molar refractivity (Wildman–Crippen MR) is 94.4 cm³/mol. The van der Waals surface area contributed by atoms with Gasteiger partial charge in [0.05, 0.1) is 12.7 Å². The first-order valence-electron chi connectivity index (χ1n) is 9.55. The number of fused-ring (bicyclic) bond motifs is 2. The summed E-state index contributed by atoms with van der Waals surface area (Å²) in [6, 6.07) is 0. The van der Waals surface area contributed by atoms with Crippen LogP contribution in [0.4, 0.5) is 0 Å².